The van der Waals surface area contributed by atoms with E-state index in [4.69, 9.17) is 0 Å². The fourth-order valence-electron chi connectivity index (χ4n) is 3.80. The number of hydrogen-bond acceptors (Lipinski definition) is 2. The molecule has 0 spiro atoms. The maximum atomic E-state index is 12.7. The molecular weight excluding hydrogens is 262 g/mol. The molecule has 3 nitrogen and oxygen atoms in total. The highest BCUT2D eigenvalue weighted by Gasteiger charge is 2.48. The number of anilines is 1. The lowest BCUT2D eigenvalue weighted by Crippen LogP contribution is -2.31. The van der Waals surface area contributed by atoms with E-state index < -0.39 is 0 Å². The van der Waals surface area contributed by atoms with Crippen LogP contribution in [0.2, 0.25) is 0 Å². The Morgan fingerprint density at radius 2 is 1.43 bits per heavy atom. The van der Waals surface area contributed by atoms with Crippen LogP contribution in [0.25, 0.3) is 10.8 Å². The molecule has 0 N–H and O–H groups in total. The second-order valence-electron chi connectivity index (χ2n) is 6.01. The molecule has 0 aromatic heterocycles. The number of imide groups is 1. The molecule has 21 heavy (non-hydrogen) atoms. The van der Waals surface area contributed by atoms with E-state index in [9.17, 15) is 9.59 Å². The van der Waals surface area contributed by atoms with Crippen molar-refractivity contribution in [1.29, 1.82) is 0 Å². The van der Waals surface area contributed by atoms with Gasteiger partial charge in [0.1, 0.15) is 0 Å². The van der Waals surface area contributed by atoms with Gasteiger partial charge in [-0.05, 0) is 24.3 Å². The summed E-state index contributed by atoms with van der Waals surface area (Å²) in [6.45, 7) is 0. The van der Waals surface area contributed by atoms with E-state index in [0.717, 1.165) is 42.1 Å². The molecule has 2 fully saturated rings. The number of nitrogens with zero attached hydrogens (tertiary/aromatic N) is 1. The van der Waals surface area contributed by atoms with Crippen LogP contribution in [0.15, 0.2) is 42.5 Å². The molecule has 1 aliphatic heterocycles. The number of carbonyl (C=O) groups excluding carboxylic acids is 2. The summed E-state index contributed by atoms with van der Waals surface area (Å²) in [7, 11) is 0. The number of hydrogen-bond donors (Lipinski definition) is 0. The fraction of sp³-hybridized carbons (Fsp3) is 0.333. The molecule has 1 saturated heterocycles. The van der Waals surface area contributed by atoms with Crippen molar-refractivity contribution in [3.05, 3.63) is 42.5 Å². The molecule has 0 bridgehead atoms. The van der Waals surface area contributed by atoms with Crippen LogP contribution in [0.3, 0.4) is 0 Å². The van der Waals surface area contributed by atoms with Gasteiger partial charge in [-0.3, -0.25) is 9.59 Å². The number of benzene rings is 2. The largest absolute Gasteiger partial charge is 0.274 e. The summed E-state index contributed by atoms with van der Waals surface area (Å²) in [5, 5.41) is 2.03. The molecule has 0 unspecified atom stereocenters. The molecule has 3 heteroatoms. The van der Waals surface area contributed by atoms with Crippen molar-refractivity contribution < 1.29 is 9.59 Å². The minimum Gasteiger partial charge on any atom is -0.274 e. The third-order valence-electron chi connectivity index (χ3n) is 4.85. The number of carbonyl (C=O) groups is 2. The van der Waals surface area contributed by atoms with E-state index in [-0.39, 0.29) is 23.7 Å². The lowest BCUT2D eigenvalue weighted by molar-refractivity contribution is -0.122. The van der Waals surface area contributed by atoms with Crippen molar-refractivity contribution in [2.45, 2.75) is 25.7 Å². The van der Waals surface area contributed by atoms with E-state index in [0.29, 0.717) is 0 Å². The zero-order valence-corrected chi connectivity index (χ0v) is 11.8. The third kappa shape index (κ3) is 1.80. The summed E-state index contributed by atoms with van der Waals surface area (Å²) in [4.78, 5) is 26.8. The van der Waals surface area contributed by atoms with Gasteiger partial charge < -0.3 is 0 Å². The van der Waals surface area contributed by atoms with Crippen molar-refractivity contribution in [3.8, 4) is 0 Å². The predicted molar refractivity (Wildman–Crippen MR) is 81.9 cm³/mol. The smallest absolute Gasteiger partial charge is 0.237 e. The lowest BCUT2D eigenvalue weighted by atomic mass is 9.81. The Kier molecular flexibility index (Phi) is 2.81. The van der Waals surface area contributed by atoms with E-state index in [1.807, 2.05) is 42.5 Å². The van der Waals surface area contributed by atoms with Gasteiger partial charge in [0.15, 0.2) is 0 Å². The molecule has 0 radical (unpaired) electrons. The van der Waals surface area contributed by atoms with Crippen LogP contribution in [-0.4, -0.2) is 11.8 Å². The van der Waals surface area contributed by atoms with Crippen molar-refractivity contribution in [1.82, 2.24) is 0 Å². The van der Waals surface area contributed by atoms with Crippen molar-refractivity contribution in [2.24, 2.45) is 11.8 Å². The minimum atomic E-state index is -0.0924. The molecule has 2 amide bonds. The lowest BCUT2D eigenvalue weighted by Gasteiger charge is -2.19. The quantitative estimate of drug-likeness (QED) is 0.749. The van der Waals surface area contributed by atoms with Crippen molar-refractivity contribution in [2.75, 3.05) is 4.90 Å². The Morgan fingerprint density at radius 3 is 2.14 bits per heavy atom. The average molecular weight is 279 g/mol. The summed E-state index contributed by atoms with van der Waals surface area (Å²) in [6.07, 6.45) is 3.83. The molecule has 106 valence electrons. The van der Waals surface area contributed by atoms with E-state index in [1.54, 1.807) is 0 Å². The molecule has 2 aromatic rings. The predicted octanol–water partition coefficient (Wildman–Crippen LogP) is 3.52. The molecule has 1 heterocycles. The Morgan fingerprint density at radius 1 is 0.810 bits per heavy atom. The first-order valence-corrected chi connectivity index (χ1v) is 7.63. The Balaban J connectivity index is 1.85. The molecule has 2 aliphatic rings. The van der Waals surface area contributed by atoms with Crippen LogP contribution >= 0.6 is 0 Å². The normalized spacial score (nSPS) is 25.4. The fourth-order valence-corrected chi connectivity index (χ4v) is 3.80. The van der Waals surface area contributed by atoms with Gasteiger partial charge in [-0.25, -0.2) is 4.90 Å². The van der Waals surface area contributed by atoms with Crippen LogP contribution < -0.4 is 4.90 Å². The first-order valence-electron chi connectivity index (χ1n) is 7.63. The number of amides is 2. The second-order valence-corrected chi connectivity index (χ2v) is 6.01. The Hall–Kier alpha value is -2.16. The zero-order valence-electron chi connectivity index (χ0n) is 11.8. The van der Waals surface area contributed by atoms with Gasteiger partial charge >= 0.3 is 0 Å². The number of fused-ring (bicyclic) bond motifs is 2. The topological polar surface area (TPSA) is 37.4 Å². The molecule has 4 rings (SSSR count). The molecule has 2 atom stereocenters. The van der Waals surface area contributed by atoms with Crippen LogP contribution in [0.4, 0.5) is 5.69 Å². The van der Waals surface area contributed by atoms with Crippen LogP contribution in [0.5, 0.6) is 0 Å². The molecule has 1 aliphatic carbocycles. The van der Waals surface area contributed by atoms with Crippen LogP contribution in [0, 0.1) is 11.8 Å². The first-order chi connectivity index (χ1) is 10.3. The Bertz CT molecular complexity index is 708. The molecule has 2 aromatic carbocycles. The highest BCUT2D eigenvalue weighted by atomic mass is 16.2. The van der Waals surface area contributed by atoms with E-state index >= 15 is 0 Å². The van der Waals surface area contributed by atoms with Gasteiger partial charge in [0.25, 0.3) is 0 Å². The summed E-state index contributed by atoms with van der Waals surface area (Å²) in [6, 6.07) is 13.7. The first kappa shape index (κ1) is 12.6. The van der Waals surface area contributed by atoms with Crippen molar-refractivity contribution in [3.63, 3.8) is 0 Å². The molecular formula is C18H17NO2. The van der Waals surface area contributed by atoms with Crippen LogP contribution in [-0.2, 0) is 9.59 Å². The number of rotatable bonds is 1. The highest BCUT2D eigenvalue weighted by Crippen LogP contribution is 2.41. The van der Waals surface area contributed by atoms with Gasteiger partial charge in [-0.15, -0.1) is 0 Å². The monoisotopic (exact) mass is 279 g/mol. The molecule has 1 saturated carbocycles. The van der Waals surface area contributed by atoms with E-state index in [2.05, 4.69) is 0 Å². The third-order valence-corrected chi connectivity index (χ3v) is 4.85. The second kappa shape index (κ2) is 4.69. The van der Waals surface area contributed by atoms with Gasteiger partial charge in [-0.2, -0.15) is 0 Å². The summed E-state index contributed by atoms with van der Waals surface area (Å²) in [5.74, 6) is -0.183. The SMILES string of the molecule is O=C1[C@H]2CCCC[C@H]2C(=O)N1c1cccc2ccccc12. The van der Waals surface area contributed by atoms with Gasteiger partial charge in [0.05, 0.1) is 17.5 Å². The standard InChI is InChI=1S/C18H17NO2/c20-17-14-9-3-4-10-15(14)18(21)19(17)16-11-5-7-12-6-1-2-8-13(12)16/h1-2,5-8,11,14-15H,3-4,9-10H2/t14-,15+. The van der Waals surface area contributed by atoms with Crippen molar-refractivity contribution >= 4 is 28.3 Å². The maximum absolute atomic E-state index is 12.7. The van der Waals surface area contributed by atoms with E-state index in [1.165, 1.54) is 4.90 Å². The minimum absolute atomic E-state index is 0.000975. The zero-order chi connectivity index (χ0) is 14.4. The maximum Gasteiger partial charge on any atom is 0.237 e. The van der Waals surface area contributed by atoms with Gasteiger partial charge in [-0.1, -0.05) is 49.2 Å². The van der Waals surface area contributed by atoms with Crippen LogP contribution in [0.1, 0.15) is 25.7 Å². The average Bonchev–Trinajstić information content (AvgIpc) is 2.79. The summed E-state index contributed by atoms with van der Waals surface area (Å²) >= 11 is 0. The van der Waals surface area contributed by atoms with Gasteiger partial charge in [0, 0.05) is 5.39 Å². The van der Waals surface area contributed by atoms with Gasteiger partial charge in [0.2, 0.25) is 11.8 Å². The summed E-state index contributed by atoms with van der Waals surface area (Å²) in [5.41, 5.74) is 0.748. The summed E-state index contributed by atoms with van der Waals surface area (Å²) < 4.78 is 0. The Labute approximate surface area is 123 Å². The highest BCUT2D eigenvalue weighted by molar-refractivity contribution is 6.24.